The second-order valence-electron chi connectivity index (χ2n) is 4.27. The average molecular weight is 275 g/mol. The third kappa shape index (κ3) is 4.92. The predicted octanol–water partition coefficient (Wildman–Crippen LogP) is 2.73. The van der Waals surface area contributed by atoms with Gasteiger partial charge in [-0.05, 0) is 31.4 Å². The highest BCUT2D eigenvalue weighted by Gasteiger charge is 2.14. The maximum Gasteiger partial charge on any atom is 0.131 e. The molecular formula is C13H19F2NOS. The van der Waals surface area contributed by atoms with Crippen molar-refractivity contribution < 1.29 is 13.9 Å². The van der Waals surface area contributed by atoms with Crippen LogP contribution in [-0.4, -0.2) is 29.7 Å². The molecule has 0 amide bonds. The summed E-state index contributed by atoms with van der Waals surface area (Å²) in [7, 11) is 0. The predicted molar refractivity (Wildman–Crippen MR) is 71.8 cm³/mol. The third-order valence-corrected chi connectivity index (χ3v) is 3.38. The molecule has 2 unspecified atom stereocenters. The first-order valence-electron chi connectivity index (χ1n) is 5.90. The number of halogens is 2. The van der Waals surface area contributed by atoms with Crippen LogP contribution in [0.2, 0.25) is 0 Å². The summed E-state index contributed by atoms with van der Waals surface area (Å²) in [6.07, 6.45) is 2.07. The van der Waals surface area contributed by atoms with Gasteiger partial charge in [0, 0.05) is 24.2 Å². The van der Waals surface area contributed by atoms with Gasteiger partial charge in [-0.15, -0.1) is 0 Å². The molecule has 5 heteroatoms. The van der Waals surface area contributed by atoms with Gasteiger partial charge >= 0.3 is 0 Å². The van der Waals surface area contributed by atoms with Crippen molar-refractivity contribution in [2.75, 3.05) is 18.6 Å². The van der Waals surface area contributed by atoms with Crippen molar-refractivity contribution >= 4 is 11.8 Å². The molecule has 0 aliphatic carbocycles. The summed E-state index contributed by atoms with van der Waals surface area (Å²) >= 11 is 1.76. The number of hydrogen-bond donors (Lipinski definition) is 2. The number of aliphatic hydroxyl groups excluding tert-OH is 1. The van der Waals surface area contributed by atoms with E-state index in [0.717, 1.165) is 24.3 Å². The molecule has 0 fully saturated rings. The second-order valence-corrected chi connectivity index (χ2v) is 5.26. The lowest BCUT2D eigenvalue weighted by Gasteiger charge is -2.17. The molecule has 0 bridgehead atoms. The largest absolute Gasteiger partial charge is 0.387 e. The summed E-state index contributed by atoms with van der Waals surface area (Å²) in [5.74, 6) is -0.305. The summed E-state index contributed by atoms with van der Waals surface area (Å²) in [5.41, 5.74) is 0.126. The van der Waals surface area contributed by atoms with Crippen molar-refractivity contribution in [2.24, 2.45) is 0 Å². The Morgan fingerprint density at radius 1 is 1.39 bits per heavy atom. The van der Waals surface area contributed by atoms with E-state index in [1.165, 1.54) is 6.07 Å². The van der Waals surface area contributed by atoms with Crippen molar-refractivity contribution in [2.45, 2.75) is 25.5 Å². The molecule has 2 N–H and O–H groups in total. The molecule has 0 aliphatic rings. The summed E-state index contributed by atoms with van der Waals surface area (Å²) in [4.78, 5) is 0. The molecule has 1 rings (SSSR count). The zero-order valence-electron chi connectivity index (χ0n) is 10.6. The van der Waals surface area contributed by atoms with E-state index >= 15 is 0 Å². The fraction of sp³-hybridized carbons (Fsp3) is 0.538. The van der Waals surface area contributed by atoms with Crippen LogP contribution in [0.4, 0.5) is 8.78 Å². The molecule has 0 aliphatic heterocycles. The van der Waals surface area contributed by atoms with Gasteiger partial charge in [0.15, 0.2) is 0 Å². The van der Waals surface area contributed by atoms with E-state index in [9.17, 15) is 13.9 Å². The summed E-state index contributed by atoms with van der Waals surface area (Å²) in [6, 6.07) is 3.48. The molecule has 0 spiro atoms. The lowest BCUT2D eigenvalue weighted by atomic mass is 10.1. The highest BCUT2D eigenvalue weighted by atomic mass is 32.2. The summed E-state index contributed by atoms with van der Waals surface area (Å²) in [5, 5.41) is 13.0. The van der Waals surface area contributed by atoms with Gasteiger partial charge in [0.05, 0.1) is 6.10 Å². The van der Waals surface area contributed by atoms with E-state index in [2.05, 4.69) is 5.32 Å². The highest BCUT2D eigenvalue weighted by Crippen LogP contribution is 2.17. The Kier molecular flexibility index (Phi) is 6.60. The first kappa shape index (κ1) is 15.4. The van der Waals surface area contributed by atoms with Crippen molar-refractivity contribution in [3.05, 3.63) is 35.4 Å². The minimum Gasteiger partial charge on any atom is -0.387 e. The van der Waals surface area contributed by atoms with E-state index in [-0.39, 0.29) is 18.2 Å². The van der Waals surface area contributed by atoms with E-state index in [4.69, 9.17) is 0 Å². The molecule has 2 nitrogen and oxygen atoms in total. The van der Waals surface area contributed by atoms with Crippen LogP contribution in [0.25, 0.3) is 0 Å². The SMILES string of the molecule is CSCCC(C)NCC(O)c1ccc(F)cc1F. The molecule has 102 valence electrons. The Labute approximate surface area is 111 Å². The normalized spacial score (nSPS) is 14.5. The molecule has 2 atom stereocenters. The van der Waals surface area contributed by atoms with Gasteiger partial charge in [0.1, 0.15) is 11.6 Å². The van der Waals surface area contributed by atoms with Crippen molar-refractivity contribution in [3.8, 4) is 0 Å². The summed E-state index contributed by atoms with van der Waals surface area (Å²) < 4.78 is 26.1. The molecule has 0 saturated heterocycles. The number of rotatable bonds is 7. The Morgan fingerprint density at radius 2 is 2.11 bits per heavy atom. The van der Waals surface area contributed by atoms with Gasteiger partial charge in [0.2, 0.25) is 0 Å². The Bertz CT molecular complexity index is 376. The van der Waals surface area contributed by atoms with Crippen LogP contribution in [0.5, 0.6) is 0 Å². The molecule has 1 aromatic rings. The van der Waals surface area contributed by atoms with Crippen LogP contribution < -0.4 is 5.32 Å². The number of aliphatic hydroxyl groups is 1. The van der Waals surface area contributed by atoms with Gasteiger partial charge in [-0.1, -0.05) is 6.07 Å². The van der Waals surface area contributed by atoms with Crippen LogP contribution in [0.1, 0.15) is 25.0 Å². The van der Waals surface area contributed by atoms with Gasteiger partial charge in [0.25, 0.3) is 0 Å². The van der Waals surface area contributed by atoms with Gasteiger partial charge in [-0.3, -0.25) is 0 Å². The smallest absolute Gasteiger partial charge is 0.131 e. The molecule has 0 saturated carbocycles. The Balaban J connectivity index is 2.47. The molecule has 18 heavy (non-hydrogen) atoms. The van der Waals surface area contributed by atoms with Crippen molar-refractivity contribution in [1.82, 2.24) is 5.32 Å². The highest BCUT2D eigenvalue weighted by molar-refractivity contribution is 7.98. The molecule has 0 radical (unpaired) electrons. The second kappa shape index (κ2) is 7.71. The number of nitrogens with one attached hydrogen (secondary N) is 1. The van der Waals surface area contributed by atoms with E-state index in [1.807, 2.05) is 13.2 Å². The monoisotopic (exact) mass is 275 g/mol. The van der Waals surface area contributed by atoms with E-state index in [1.54, 1.807) is 11.8 Å². The quantitative estimate of drug-likeness (QED) is 0.802. The maximum absolute atomic E-state index is 13.4. The van der Waals surface area contributed by atoms with Gasteiger partial charge < -0.3 is 10.4 Å². The molecule has 1 aromatic carbocycles. The average Bonchev–Trinajstić information content (AvgIpc) is 2.33. The van der Waals surface area contributed by atoms with Crippen LogP contribution >= 0.6 is 11.8 Å². The zero-order valence-corrected chi connectivity index (χ0v) is 11.4. The molecular weight excluding hydrogens is 256 g/mol. The van der Waals surface area contributed by atoms with Crippen LogP contribution in [0.15, 0.2) is 18.2 Å². The number of benzene rings is 1. The molecule has 0 aromatic heterocycles. The fourth-order valence-electron chi connectivity index (χ4n) is 1.59. The Hall–Kier alpha value is -0.650. The van der Waals surface area contributed by atoms with Crippen molar-refractivity contribution in [3.63, 3.8) is 0 Å². The van der Waals surface area contributed by atoms with E-state index < -0.39 is 17.7 Å². The van der Waals surface area contributed by atoms with Crippen LogP contribution in [0, 0.1) is 11.6 Å². The lowest BCUT2D eigenvalue weighted by molar-refractivity contribution is 0.165. The lowest BCUT2D eigenvalue weighted by Crippen LogP contribution is -2.31. The fourth-order valence-corrected chi connectivity index (χ4v) is 2.18. The third-order valence-electron chi connectivity index (χ3n) is 2.74. The minimum atomic E-state index is -0.956. The summed E-state index contributed by atoms with van der Waals surface area (Å²) in [6.45, 7) is 2.28. The zero-order chi connectivity index (χ0) is 13.5. The number of hydrogen-bond acceptors (Lipinski definition) is 3. The maximum atomic E-state index is 13.4. The van der Waals surface area contributed by atoms with Gasteiger partial charge in [-0.2, -0.15) is 11.8 Å². The van der Waals surface area contributed by atoms with E-state index in [0.29, 0.717) is 0 Å². The number of thioether (sulfide) groups is 1. The standard InChI is InChI=1S/C13H19F2NOS/c1-9(5-6-18-2)16-8-13(17)11-4-3-10(14)7-12(11)15/h3-4,7,9,13,16-17H,5-6,8H2,1-2H3. The first-order chi connectivity index (χ1) is 8.54. The van der Waals surface area contributed by atoms with Crippen molar-refractivity contribution in [1.29, 1.82) is 0 Å². The first-order valence-corrected chi connectivity index (χ1v) is 7.29. The minimum absolute atomic E-state index is 0.126. The molecule has 0 heterocycles. The van der Waals surface area contributed by atoms with Crippen LogP contribution in [0.3, 0.4) is 0 Å². The Morgan fingerprint density at radius 3 is 2.72 bits per heavy atom. The van der Waals surface area contributed by atoms with Crippen LogP contribution in [-0.2, 0) is 0 Å². The topological polar surface area (TPSA) is 32.3 Å². The van der Waals surface area contributed by atoms with Gasteiger partial charge in [-0.25, -0.2) is 8.78 Å².